The molecule has 0 saturated heterocycles. The van der Waals surface area contributed by atoms with Crippen molar-refractivity contribution < 1.29 is 9.18 Å². The Labute approximate surface area is 131 Å². The molecule has 4 nitrogen and oxygen atoms in total. The predicted octanol–water partition coefficient (Wildman–Crippen LogP) is 3.71. The maximum absolute atomic E-state index is 13.6. The highest BCUT2D eigenvalue weighted by atomic mass is 35.5. The number of amides is 1. The summed E-state index contributed by atoms with van der Waals surface area (Å²) in [6.45, 7) is 4.17. The smallest absolute Gasteiger partial charge is 0.230 e. The third-order valence-electron chi connectivity index (χ3n) is 2.70. The number of hydrogen-bond acceptors (Lipinski definition) is 4. The molecule has 1 aromatic heterocycles. The molecule has 1 heterocycles. The van der Waals surface area contributed by atoms with Crippen molar-refractivity contribution in [2.75, 3.05) is 5.32 Å². The van der Waals surface area contributed by atoms with Gasteiger partial charge in [-0.25, -0.2) is 4.39 Å². The molecule has 2 aromatic rings. The van der Waals surface area contributed by atoms with Gasteiger partial charge in [-0.15, -0.1) is 10.2 Å². The Bertz CT molecular complexity index is 625. The van der Waals surface area contributed by atoms with Crippen molar-refractivity contribution in [1.82, 2.24) is 10.2 Å². The summed E-state index contributed by atoms with van der Waals surface area (Å²) in [4.78, 5) is 11.9. The van der Waals surface area contributed by atoms with Gasteiger partial charge in [0.05, 0.1) is 6.42 Å². The second-order valence-electron chi connectivity index (χ2n) is 5.02. The number of benzene rings is 1. The Morgan fingerprint density at radius 3 is 2.86 bits per heavy atom. The first-order valence-electron chi connectivity index (χ1n) is 6.51. The lowest BCUT2D eigenvalue weighted by atomic mass is 10.1. The maximum atomic E-state index is 13.6. The highest BCUT2D eigenvalue weighted by Gasteiger charge is 2.14. The molecule has 7 heteroatoms. The zero-order valence-electron chi connectivity index (χ0n) is 11.7. The van der Waals surface area contributed by atoms with E-state index < -0.39 is 5.82 Å². The number of carbonyl (C=O) groups excluding carboxylic acids is 1. The lowest BCUT2D eigenvalue weighted by molar-refractivity contribution is -0.115. The molecule has 0 aliphatic carbocycles. The molecular weight excluding hydrogens is 313 g/mol. The first-order valence-corrected chi connectivity index (χ1v) is 7.70. The van der Waals surface area contributed by atoms with Crippen molar-refractivity contribution in [2.45, 2.75) is 26.7 Å². The molecule has 0 radical (unpaired) electrons. The molecule has 2 rings (SSSR count). The number of nitrogens with one attached hydrogen (secondary N) is 1. The number of halogens is 2. The molecule has 0 spiro atoms. The molecule has 0 aliphatic rings. The fourth-order valence-corrected chi connectivity index (χ4v) is 2.96. The molecule has 1 aromatic carbocycles. The summed E-state index contributed by atoms with van der Waals surface area (Å²) < 4.78 is 13.6. The van der Waals surface area contributed by atoms with E-state index >= 15 is 0 Å². The largest absolute Gasteiger partial charge is 0.300 e. The number of rotatable bonds is 5. The first kappa shape index (κ1) is 15.9. The van der Waals surface area contributed by atoms with Crippen molar-refractivity contribution in [3.63, 3.8) is 0 Å². The van der Waals surface area contributed by atoms with Crippen molar-refractivity contribution in [3.05, 3.63) is 39.6 Å². The van der Waals surface area contributed by atoms with Crippen LogP contribution in [0.15, 0.2) is 18.2 Å². The van der Waals surface area contributed by atoms with Crippen LogP contribution in [0, 0.1) is 11.7 Å². The van der Waals surface area contributed by atoms with Crippen molar-refractivity contribution in [1.29, 1.82) is 0 Å². The van der Waals surface area contributed by atoms with E-state index in [1.165, 1.54) is 23.5 Å². The lowest BCUT2D eigenvalue weighted by Crippen LogP contribution is -2.15. The van der Waals surface area contributed by atoms with Crippen LogP contribution in [-0.4, -0.2) is 16.1 Å². The molecule has 0 unspecified atom stereocenters. The molecule has 0 fully saturated rings. The Morgan fingerprint density at radius 1 is 1.43 bits per heavy atom. The number of hydrogen-bond donors (Lipinski definition) is 1. The van der Waals surface area contributed by atoms with E-state index in [1.54, 1.807) is 6.07 Å². The summed E-state index contributed by atoms with van der Waals surface area (Å²) >= 11 is 7.22. The summed E-state index contributed by atoms with van der Waals surface area (Å²) in [5, 5.41) is 12.1. The van der Waals surface area contributed by atoms with Crippen LogP contribution < -0.4 is 5.32 Å². The Hall–Kier alpha value is -1.53. The average molecular weight is 328 g/mol. The second-order valence-corrected chi connectivity index (χ2v) is 6.49. The third kappa shape index (κ3) is 4.47. The number of anilines is 1. The fourth-order valence-electron chi connectivity index (χ4n) is 1.76. The van der Waals surface area contributed by atoms with E-state index in [1.807, 2.05) is 0 Å². The monoisotopic (exact) mass is 327 g/mol. The summed E-state index contributed by atoms with van der Waals surface area (Å²) in [7, 11) is 0. The Kier molecular flexibility index (Phi) is 5.25. The van der Waals surface area contributed by atoms with Gasteiger partial charge in [-0.3, -0.25) is 4.79 Å². The lowest BCUT2D eigenvalue weighted by Gasteiger charge is -2.05. The van der Waals surface area contributed by atoms with Crippen LogP contribution in [0.4, 0.5) is 9.52 Å². The Morgan fingerprint density at radius 2 is 2.19 bits per heavy atom. The van der Waals surface area contributed by atoms with Crippen molar-refractivity contribution in [2.24, 2.45) is 5.92 Å². The quantitative estimate of drug-likeness (QED) is 0.910. The minimum atomic E-state index is -0.490. The second kappa shape index (κ2) is 6.95. The van der Waals surface area contributed by atoms with E-state index in [2.05, 4.69) is 29.4 Å². The van der Waals surface area contributed by atoms with Crippen LogP contribution in [0.5, 0.6) is 0 Å². The number of carbonyl (C=O) groups is 1. The van der Waals surface area contributed by atoms with Crippen LogP contribution >= 0.6 is 22.9 Å². The van der Waals surface area contributed by atoms with E-state index in [4.69, 9.17) is 11.6 Å². The van der Waals surface area contributed by atoms with Gasteiger partial charge in [0.25, 0.3) is 0 Å². The molecule has 112 valence electrons. The minimum absolute atomic E-state index is 0.134. The molecular formula is C14H15ClFN3OS. The highest BCUT2D eigenvalue weighted by Crippen LogP contribution is 2.21. The fraction of sp³-hybridized carbons (Fsp3) is 0.357. The SMILES string of the molecule is CC(C)Cc1nnc(NC(=O)Cc2c(F)cccc2Cl)s1. The van der Waals surface area contributed by atoms with Gasteiger partial charge in [0.15, 0.2) is 0 Å². The van der Waals surface area contributed by atoms with E-state index in [0.717, 1.165) is 11.4 Å². The van der Waals surface area contributed by atoms with Gasteiger partial charge in [-0.1, -0.05) is 42.9 Å². The van der Waals surface area contributed by atoms with Gasteiger partial charge < -0.3 is 5.32 Å². The Balaban J connectivity index is 2.00. The average Bonchev–Trinajstić information content (AvgIpc) is 2.80. The third-order valence-corrected chi connectivity index (χ3v) is 3.91. The van der Waals surface area contributed by atoms with Gasteiger partial charge in [-0.05, 0) is 18.1 Å². The first-order chi connectivity index (χ1) is 9.95. The maximum Gasteiger partial charge on any atom is 0.230 e. The van der Waals surface area contributed by atoms with Crippen LogP contribution in [0.1, 0.15) is 24.4 Å². The normalized spacial score (nSPS) is 10.9. The van der Waals surface area contributed by atoms with E-state index in [0.29, 0.717) is 11.0 Å². The molecule has 0 atom stereocenters. The van der Waals surface area contributed by atoms with Gasteiger partial charge in [0.1, 0.15) is 10.8 Å². The number of aromatic nitrogens is 2. The summed E-state index contributed by atoms with van der Waals surface area (Å²) in [5.41, 5.74) is 0.184. The summed E-state index contributed by atoms with van der Waals surface area (Å²) in [6.07, 6.45) is 0.678. The van der Waals surface area contributed by atoms with Crippen LogP contribution in [-0.2, 0) is 17.6 Å². The zero-order valence-corrected chi connectivity index (χ0v) is 13.3. The van der Waals surface area contributed by atoms with Gasteiger partial charge in [0.2, 0.25) is 11.0 Å². The van der Waals surface area contributed by atoms with Crippen LogP contribution in [0.2, 0.25) is 5.02 Å². The topological polar surface area (TPSA) is 54.9 Å². The molecule has 1 N–H and O–H groups in total. The van der Waals surface area contributed by atoms with Crippen LogP contribution in [0.25, 0.3) is 0 Å². The summed E-state index contributed by atoms with van der Waals surface area (Å²) in [6, 6.07) is 4.33. The molecule has 21 heavy (non-hydrogen) atoms. The van der Waals surface area contributed by atoms with Crippen molar-refractivity contribution in [3.8, 4) is 0 Å². The number of nitrogens with zero attached hydrogens (tertiary/aromatic N) is 2. The zero-order chi connectivity index (χ0) is 15.4. The van der Waals surface area contributed by atoms with E-state index in [-0.39, 0.29) is 22.9 Å². The van der Waals surface area contributed by atoms with Gasteiger partial charge in [-0.2, -0.15) is 0 Å². The predicted molar refractivity (Wildman–Crippen MR) is 82.2 cm³/mol. The van der Waals surface area contributed by atoms with Gasteiger partial charge >= 0.3 is 0 Å². The van der Waals surface area contributed by atoms with E-state index in [9.17, 15) is 9.18 Å². The summed E-state index contributed by atoms with van der Waals surface area (Å²) in [5.74, 6) is -0.386. The molecule has 0 aliphatic heterocycles. The molecule has 1 amide bonds. The molecule has 0 bridgehead atoms. The highest BCUT2D eigenvalue weighted by molar-refractivity contribution is 7.15. The van der Waals surface area contributed by atoms with Crippen LogP contribution in [0.3, 0.4) is 0 Å². The van der Waals surface area contributed by atoms with Crippen molar-refractivity contribution >= 4 is 34.0 Å². The molecule has 0 saturated carbocycles. The van der Waals surface area contributed by atoms with Gasteiger partial charge in [0, 0.05) is 17.0 Å². The standard InChI is InChI=1S/C14H15ClFN3OS/c1-8(2)6-13-18-19-14(21-13)17-12(20)7-9-10(15)4-3-5-11(9)16/h3-5,8H,6-7H2,1-2H3,(H,17,19,20). The minimum Gasteiger partial charge on any atom is -0.300 e.